The van der Waals surface area contributed by atoms with Crippen LogP contribution in [0.25, 0.3) is 28.1 Å². The van der Waals surface area contributed by atoms with E-state index in [1.807, 2.05) is 30.3 Å². The van der Waals surface area contributed by atoms with E-state index in [9.17, 15) is 0 Å². The molecule has 0 fully saturated rings. The van der Waals surface area contributed by atoms with Crippen LogP contribution in [-0.2, 0) is 6.42 Å². The van der Waals surface area contributed by atoms with E-state index in [1.165, 1.54) is 16.8 Å². The number of anilines is 2. The molecule has 0 atom stereocenters. The summed E-state index contributed by atoms with van der Waals surface area (Å²) < 4.78 is 2.27. The molecule has 0 spiro atoms. The average molecular weight is 486 g/mol. The monoisotopic (exact) mass is 485 g/mol. The summed E-state index contributed by atoms with van der Waals surface area (Å²) >= 11 is 12.8. The highest BCUT2D eigenvalue weighted by atomic mass is 35.5. The number of halogens is 2. The van der Waals surface area contributed by atoms with E-state index in [2.05, 4.69) is 79.2 Å². The molecular formula is C29H25Cl2N3. The maximum absolute atomic E-state index is 6.45. The first-order valence-corrected chi connectivity index (χ1v) is 12.1. The molecule has 0 unspecified atom stereocenters. The van der Waals surface area contributed by atoms with Gasteiger partial charge in [0, 0.05) is 11.3 Å². The Morgan fingerprint density at radius 3 is 2.26 bits per heavy atom. The number of hydrogen-bond acceptors (Lipinski definition) is 2. The van der Waals surface area contributed by atoms with Gasteiger partial charge in [-0.2, -0.15) is 0 Å². The molecule has 0 radical (unpaired) electrons. The van der Waals surface area contributed by atoms with Gasteiger partial charge in [0.1, 0.15) is 5.82 Å². The third kappa shape index (κ3) is 4.06. The van der Waals surface area contributed by atoms with Gasteiger partial charge in [0.05, 0.1) is 32.5 Å². The van der Waals surface area contributed by atoms with E-state index >= 15 is 0 Å². The molecule has 1 heterocycles. The summed E-state index contributed by atoms with van der Waals surface area (Å²) in [7, 11) is 0. The van der Waals surface area contributed by atoms with Crippen molar-refractivity contribution in [2.24, 2.45) is 0 Å². The Morgan fingerprint density at radius 1 is 0.853 bits per heavy atom. The number of benzene rings is 4. The molecular weight excluding hydrogens is 461 g/mol. The highest BCUT2D eigenvalue weighted by Gasteiger charge is 2.17. The lowest BCUT2D eigenvalue weighted by Crippen LogP contribution is -2.02. The third-order valence-corrected chi connectivity index (χ3v) is 6.94. The minimum Gasteiger partial charge on any atom is -0.354 e. The molecule has 0 aliphatic carbocycles. The number of nitrogens with zero attached hydrogens (tertiary/aromatic N) is 2. The molecule has 0 aliphatic heterocycles. The lowest BCUT2D eigenvalue weighted by atomic mass is 10.1. The van der Waals surface area contributed by atoms with Crippen molar-refractivity contribution < 1.29 is 0 Å². The zero-order chi connectivity index (χ0) is 23.8. The van der Waals surface area contributed by atoms with Gasteiger partial charge in [-0.25, -0.2) is 4.98 Å². The number of nitrogens with one attached hydrogen (secondary N) is 1. The summed E-state index contributed by atoms with van der Waals surface area (Å²) in [6, 6.07) is 26.9. The summed E-state index contributed by atoms with van der Waals surface area (Å²) in [5.74, 6) is 0.916. The van der Waals surface area contributed by atoms with Crippen LogP contribution in [0.4, 0.5) is 11.4 Å². The van der Waals surface area contributed by atoms with Crippen molar-refractivity contribution in [3.05, 3.63) is 106 Å². The number of fused-ring (bicyclic) bond motifs is 1. The zero-order valence-electron chi connectivity index (χ0n) is 19.4. The molecule has 0 saturated heterocycles. The Balaban J connectivity index is 1.58. The predicted molar refractivity (Wildman–Crippen MR) is 145 cm³/mol. The molecule has 0 saturated carbocycles. The molecule has 5 rings (SSSR count). The minimum atomic E-state index is 0.528. The summed E-state index contributed by atoms with van der Waals surface area (Å²) in [4.78, 5) is 5.01. The number of rotatable bonds is 5. The van der Waals surface area contributed by atoms with E-state index < -0.39 is 0 Å². The molecule has 34 heavy (non-hydrogen) atoms. The van der Waals surface area contributed by atoms with Gasteiger partial charge >= 0.3 is 0 Å². The largest absolute Gasteiger partial charge is 0.354 e. The highest BCUT2D eigenvalue weighted by molar-refractivity contribution is 6.43. The van der Waals surface area contributed by atoms with E-state index in [4.69, 9.17) is 28.2 Å². The van der Waals surface area contributed by atoms with Crippen molar-refractivity contribution in [3.8, 4) is 17.1 Å². The second-order valence-corrected chi connectivity index (χ2v) is 9.28. The average Bonchev–Trinajstić information content (AvgIpc) is 3.21. The van der Waals surface area contributed by atoms with Crippen LogP contribution < -0.4 is 5.32 Å². The lowest BCUT2D eigenvalue weighted by Gasteiger charge is -2.16. The summed E-state index contributed by atoms with van der Waals surface area (Å²) in [6.45, 7) is 6.39. The Morgan fingerprint density at radius 2 is 1.56 bits per heavy atom. The van der Waals surface area contributed by atoms with Crippen LogP contribution in [0.5, 0.6) is 0 Å². The predicted octanol–water partition coefficient (Wildman–Crippen LogP) is 8.92. The molecule has 5 aromatic rings. The number of hydrogen-bond donors (Lipinski definition) is 1. The number of imidazole rings is 1. The fourth-order valence-electron chi connectivity index (χ4n) is 4.40. The van der Waals surface area contributed by atoms with Crippen molar-refractivity contribution in [1.29, 1.82) is 0 Å². The fraction of sp³-hybridized carbons (Fsp3) is 0.138. The maximum Gasteiger partial charge on any atom is 0.145 e. The van der Waals surface area contributed by atoms with Gasteiger partial charge in [-0.3, -0.25) is 4.57 Å². The minimum absolute atomic E-state index is 0.528. The molecule has 1 N–H and O–H groups in total. The van der Waals surface area contributed by atoms with Crippen LogP contribution in [0.3, 0.4) is 0 Å². The zero-order valence-corrected chi connectivity index (χ0v) is 20.9. The van der Waals surface area contributed by atoms with Gasteiger partial charge in [0.15, 0.2) is 0 Å². The highest BCUT2D eigenvalue weighted by Crippen LogP contribution is 2.35. The van der Waals surface area contributed by atoms with Crippen LogP contribution in [0, 0.1) is 13.8 Å². The van der Waals surface area contributed by atoms with Gasteiger partial charge in [0.25, 0.3) is 0 Å². The Kier molecular flexibility index (Phi) is 6.07. The van der Waals surface area contributed by atoms with E-state index in [0.29, 0.717) is 10.0 Å². The van der Waals surface area contributed by atoms with E-state index in [-0.39, 0.29) is 0 Å². The molecule has 0 bridgehead atoms. The van der Waals surface area contributed by atoms with E-state index in [0.717, 1.165) is 45.8 Å². The normalized spacial score (nSPS) is 11.2. The maximum atomic E-state index is 6.45. The van der Waals surface area contributed by atoms with E-state index in [1.54, 1.807) is 0 Å². The first-order valence-electron chi connectivity index (χ1n) is 11.4. The molecule has 1 aromatic heterocycles. The molecule has 4 aromatic carbocycles. The molecule has 5 heteroatoms. The summed E-state index contributed by atoms with van der Waals surface area (Å²) in [6.07, 6.45) is 0.888. The Hall–Kier alpha value is -3.27. The van der Waals surface area contributed by atoms with Gasteiger partial charge in [-0.15, -0.1) is 0 Å². The smallest absolute Gasteiger partial charge is 0.145 e. The summed E-state index contributed by atoms with van der Waals surface area (Å²) in [5, 5.41) is 4.50. The van der Waals surface area contributed by atoms with Crippen LogP contribution in [0.2, 0.25) is 10.0 Å². The van der Waals surface area contributed by atoms with Crippen molar-refractivity contribution in [2.45, 2.75) is 27.2 Å². The number of aryl methyl sites for hydroxylation is 3. The van der Waals surface area contributed by atoms with Crippen molar-refractivity contribution in [1.82, 2.24) is 9.55 Å². The topological polar surface area (TPSA) is 29.9 Å². The summed E-state index contributed by atoms with van der Waals surface area (Å²) in [5.41, 5.74) is 9.58. The second kappa shape index (κ2) is 9.17. The Labute approximate surface area is 210 Å². The SMILES string of the molecule is CCc1cc(Cl)c(Cl)c(Nc2ccc(-c3nc4ccccc4n3-c3c(C)cccc3C)cc2)c1. The van der Waals surface area contributed by atoms with Gasteiger partial charge in [0.2, 0.25) is 0 Å². The van der Waals surface area contributed by atoms with Gasteiger partial charge in [-0.1, -0.05) is 60.5 Å². The number of aromatic nitrogens is 2. The van der Waals surface area contributed by atoms with Crippen molar-refractivity contribution in [3.63, 3.8) is 0 Å². The molecule has 3 nitrogen and oxygen atoms in total. The van der Waals surface area contributed by atoms with Crippen LogP contribution in [-0.4, -0.2) is 9.55 Å². The first-order chi connectivity index (χ1) is 16.5. The number of para-hydroxylation sites is 3. The van der Waals surface area contributed by atoms with Crippen molar-refractivity contribution >= 4 is 45.6 Å². The van der Waals surface area contributed by atoms with Crippen molar-refractivity contribution in [2.75, 3.05) is 5.32 Å². The standard InChI is InChI=1S/C29H25Cl2N3/c1-4-20-16-23(30)27(31)25(17-20)32-22-14-12-21(13-15-22)29-33-24-10-5-6-11-26(24)34(29)28-18(2)8-7-9-19(28)3/h5-17,32H,4H2,1-3H3. The molecule has 0 amide bonds. The molecule has 170 valence electrons. The second-order valence-electron chi connectivity index (χ2n) is 8.50. The third-order valence-electron chi connectivity index (χ3n) is 6.14. The Bertz CT molecular complexity index is 1480. The quantitative estimate of drug-likeness (QED) is 0.269. The van der Waals surface area contributed by atoms with Gasteiger partial charge < -0.3 is 5.32 Å². The van der Waals surface area contributed by atoms with Gasteiger partial charge in [-0.05, 0) is 85.5 Å². The molecule has 0 aliphatic rings. The van der Waals surface area contributed by atoms with Crippen LogP contribution in [0.15, 0.2) is 78.9 Å². The van der Waals surface area contributed by atoms with Crippen LogP contribution >= 0.6 is 23.2 Å². The lowest BCUT2D eigenvalue weighted by molar-refractivity contribution is 1.06. The van der Waals surface area contributed by atoms with Crippen LogP contribution in [0.1, 0.15) is 23.6 Å². The fourth-order valence-corrected chi connectivity index (χ4v) is 4.80. The first kappa shape index (κ1) is 22.5.